The lowest BCUT2D eigenvalue weighted by Gasteiger charge is -2.11. The molecule has 2 aromatic carbocycles. The fourth-order valence-corrected chi connectivity index (χ4v) is 2.49. The van der Waals surface area contributed by atoms with Gasteiger partial charge in [-0.2, -0.15) is 0 Å². The van der Waals surface area contributed by atoms with E-state index in [0.717, 1.165) is 11.1 Å². The van der Waals surface area contributed by atoms with E-state index in [4.69, 9.17) is 9.47 Å². The molecule has 3 aromatic rings. The Balaban J connectivity index is 1.51. The third kappa shape index (κ3) is 5.08. The molecule has 4 rings (SSSR count). The number of rotatable bonds is 6. The van der Waals surface area contributed by atoms with Gasteiger partial charge in [0.2, 0.25) is 0 Å². The topological polar surface area (TPSA) is 44.2 Å². The number of benzene rings is 2. The molecule has 0 aliphatic heterocycles. The van der Waals surface area contributed by atoms with Crippen molar-refractivity contribution in [2.45, 2.75) is 26.1 Å². The van der Waals surface area contributed by atoms with Crippen LogP contribution in [-0.2, 0) is 13.2 Å². The molecule has 1 saturated carbocycles. The third-order valence-electron chi connectivity index (χ3n) is 4.16. The molecule has 0 amide bonds. The molecule has 0 radical (unpaired) electrons. The Bertz CT molecular complexity index is 942. The molecule has 0 spiro atoms. The summed E-state index contributed by atoms with van der Waals surface area (Å²) < 4.78 is 11.8. The zero-order valence-electron chi connectivity index (χ0n) is 15.0. The molecular formula is C23H20N2O2. The maximum atomic E-state index is 5.98. The Labute approximate surface area is 159 Å². The van der Waals surface area contributed by atoms with Gasteiger partial charge in [-0.1, -0.05) is 66.6 Å². The Morgan fingerprint density at radius 2 is 1.44 bits per heavy atom. The predicted molar refractivity (Wildman–Crippen MR) is 103 cm³/mol. The molecule has 1 fully saturated rings. The minimum Gasteiger partial charge on any atom is -0.483 e. The molecule has 4 heteroatoms. The lowest BCUT2D eigenvalue weighted by Crippen LogP contribution is -2.04. The SMILES string of the molecule is C(#CC1CC1)c1cc(OCc2ccccc2)c(OCc2ccccc2)nn1. The number of nitrogens with zero attached hydrogens (tertiary/aromatic N) is 2. The Morgan fingerprint density at radius 1 is 0.815 bits per heavy atom. The average molecular weight is 356 g/mol. The van der Waals surface area contributed by atoms with Gasteiger partial charge in [-0.05, 0) is 29.9 Å². The van der Waals surface area contributed by atoms with Crippen molar-refractivity contribution in [2.75, 3.05) is 0 Å². The van der Waals surface area contributed by atoms with Gasteiger partial charge in [-0.15, -0.1) is 10.2 Å². The summed E-state index contributed by atoms with van der Waals surface area (Å²) in [4.78, 5) is 0. The van der Waals surface area contributed by atoms with E-state index in [1.54, 1.807) is 0 Å². The molecule has 0 unspecified atom stereocenters. The van der Waals surface area contributed by atoms with E-state index in [-0.39, 0.29) is 0 Å². The van der Waals surface area contributed by atoms with Crippen LogP contribution in [0.1, 0.15) is 29.7 Å². The predicted octanol–water partition coefficient (Wildman–Crippen LogP) is 4.40. The molecule has 134 valence electrons. The highest BCUT2D eigenvalue weighted by Crippen LogP contribution is 2.28. The molecule has 1 aliphatic carbocycles. The fraction of sp³-hybridized carbons (Fsp3) is 0.217. The highest BCUT2D eigenvalue weighted by molar-refractivity contribution is 5.40. The second kappa shape index (κ2) is 8.37. The number of hydrogen-bond acceptors (Lipinski definition) is 4. The summed E-state index contributed by atoms with van der Waals surface area (Å²) in [5.41, 5.74) is 2.75. The molecule has 27 heavy (non-hydrogen) atoms. The first-order valence-electron chi connectivity index (χ1n) is 9.09. The zero-order chi connectivity index (χ0) is 18.3. The molecule has 1 aromatic heterocycles. The van der Waals surface area contributed by atoms with Crippen molar-refractivity contribution in [3.05, 3.63) is 83.6 Å². The Morgan fingerprint density at radius 3 is 2.07 bits per heavy atom. The van der Waals surface area contributed by atoms with Gasteiger partial charge in [0.1, 0.15) is 18.9 Å². The maximum Gasteiger partial charge on any atom is 0.276 e. The molecule has 1 heterocycles. The second-order valence-corrected chi connectivity index (χ2v) is 6.49. The molecule has 1 aliphatic rings. The Hall–Kier alpha value is -3.32. The summed E-state index contributed by atoms with van der Waals surface area (Å²) >= 11 is 0. The highest BCUT2D eigenvalue weighted by Gasteiger charge is 2.18. The summed E-state index contributed by atoms with van der Waals surface area (Å²) in [5, 5.41) is 8.38. The molecule has 0 atom stereocenters. The van der Waals surface area contributed by atoms with Crippen molar-refractivity contribution in [3.8, 4) is 23.5 Å². The third-order valence-corrected chi connectivity index (χ3v) is 4.16. The van der Waals surface area contributed by atoms with Crippen LogP contribution in [0.3, 0.4) is 0 Å². The molecule has 0 bridgehead atoms. The minimum absolute atomic E-state index is 0.381. The smallest absolute Gasteiger partial charge is 0.276 e. The minimum atomic E-state index is 0.381. The molecule has 0 saturated heterocycles. The normalized spacial score (nSPS) is 12.7. The summed E-state index contributed by atoms with van der Waals surface area (Å²) in [5.74, 6) is 7.74. The van der Waals surface area contributed by atoms with Crippen molar-refractivity contribution in [3.63, 3.8) is 0 Å². The van der Waals surface area contributed by atoms with Gasteiger partial charge in [0.15, 0.2) is 5.75 Å². The first kappa shape index (κ1) is 17.1. The van der Waals surface area contributed by atoms with Gasteiger partial charge in [-0.3, -0.25) is 0 Å². The van der Waals surface area contributed by atoms with E-state index in [2.05, 4.69) is 22.0 Å². The standard InChI is InChI=1S/C23H20N2O2/c1-3-7-19(8-4-1)16-26-22-15-21(14-13-18-11-12-18)24-25-23(22)27-17-20-9-5-2-6-10-20/h1-10,15,18H,11-12,16-17H2. The molecular weight excluding hydrogens is 336 g/mol. The van der Waals surface area contributed by atoms with Crippen LogP contribution < -0.4 is 9.47 Å². The molecule has 4 nitrogen and oxygen atoms in total. The fourth-order valence-electron chi connectivity index (χ4n) is 2.49. The lowest BCUT2D eigenvalue weighted by molar-refractivity contribution is 0.244. The van der Waals surface area contributed by atoms with E-state index in [1.807, 2.05) is 66.7 Å². The summed E-state index contributed by atoms with van der Waals surface area (Å²) in [6.07, 6.45) is 2.35. The van der Waals surface area contributed by atoms with Gasteiger partial charge in [0, 0.05) is 12.0 Å². The van der Waals surface area contributed by atoms with E-state index >= 15 is 0 Å². The summed E-state index contributed by atoms with van der Waals surface area (Å²) in [7, 11) is 0. The van der Waals surface area contributed by atoms with Gasteiger partial charge in [0.25, 0.3) is 5.88 Å². The number of aromatic nitrogens is 2. The van der Waals surface area contributed by atoms with Crippen LogP contribution in [0.4, 0.5) is 0 Å². The molecule has 0 N–H and O–H groups in total. The number of hydrogen-bond donors (Lipinski definition) is 0. The zero-order valence-corrected chi connectivity index (χ0v) is 15.0. The van der Waals surface area contributed by atoms with Crippen molar-refractivity contribution in [2.24, 2.45) is 5.92 Å². The lowest BCUT2D eigenvalue weighted by atomic mass is 10.2. The van der Waals surface area contributed by atoms with Crippen molar-refractivity contribution >= 4 is 0 Å². The second-order valence-electron chi connectivity index (χ2n) is 6.49. The van der Waals surface area contributed by atoms with Crippen molar-refractivity contribution < 1.29 is 9.47 Å². The first-order valence-corrected chi connectivity index (χ1v) is 9.09. The van der Waals surface area contributed by atoms with Crippen LogP contribution in [0.25, 0.3) is 0 Å². The van der Waals surface area contributed by atoms with Crippen LogP contribution in [-0.4, -0.2) is 10.2 Å². The van der Waals surface area contributed by atoms with Crippen LogP contribution in [0.2, 0.25) is 0 Å². The van der Waals surface area contributed by atoms with Crippen LogP contribution in [0.5, 0.6) is 11.6 Å². The monoisotopic (exact) mass is 356 g/mol. The highest BCUT2D eigenvalue weighted by atomic mass is 16.5. The van der Waals surface area contributed by atoms with Crippen LogP contribution in [0, 0.1) is 17.8 Å². The average Bonchev–Trinajstić information content (AvgIpc) is 3.56. The van der Waals surface area contributed by atoms with Crippen LogP contribution >= 0.6 is 0 Å². The van der Waals surface area contributed by atoms with Gasteiger partial charge in [0.05, 0.1) is 0 Å². The van der Waals surface area contributed by atoms with E-state index < -0.39 is 0 Å². The quantitative estimate of drug-likeness (QED) is 0.614. The summed E-state index contributed by atoms with van der Waals surface area (Å²) in [6, 6.07) is 21.8. The van der Waals surface area contributed by atoms with Crippen molar-refractivity contribution in [1.29, 1.82) is 0 Å². The van der Waals surface area contributed by atoms with Gasteiger partial charge < -0.3 is 9.47 Å². The van der Waals surface area contributed by atoms with Crippen molar-refractivity contribution in [1.82, 2.24) is 10.2 Å². The van der Waals surface area contributed by atoms with E-state index in [9.17, 15) is 0 Å². The van der Waals surface area contributed by atoms with E-state index in [1.165, 1.54) is 12.8 Å². The maximum absolute atomic E-state index is 5.98. The van der Waals surface area contributed by atoms with Gasteiger partial charge >= 0.3 is 0 Å². The summed E-state index contributed by atoms with van der Waals surface area (Å²) in [6.45, 7) is 0.841. The Kier molecular flexibility index (Phi) is 5.31. The van der Waals surface area contributed by atoms with E-state index in [0.29, 0.717) is 36.5 Å². The van der Waals surface area contributed by atoms with Crippen LogP contribution in [0.15, 0.2) is 66.7 Å². The first-order chi connectivity index (χ1) is 13.4. The number of ether oxygens (including phenoxy) is 2. The largest absolute Gasteiger partial charge is 0.483 e. The van der Waals surface area contributed by atoms with Gasteiger partial charge in [-0.25, -0.2) is 0 Å².